The van der Waals surface area contributed by atoms with Gasteiger partial charge in [-0.25, -0.2) is 9.59 Å². The summed E-state index contributed by atoms with van der Waals surface area (Å²) in [6.45, 7) is 2.31. The molecule has 3 N–H and O–H groups in total. The van der Waals surface area contributed by atoms with Gasteiger partial charge in [-0.05, 0) is 54.8 Å². The Morgan fingerprint density at radius 2 is 1.64 bits per heavy atom. The third kappa shape index (κ3) is 8.59. The highest BCUT2D eigenvalue weighted by Crippen LogP contribution is 2.24. The van der Waals surface area contributed by atoms with E-state index in [1.165, 1.54) is 17.0 Å². The van der Waals surface area contributed by atoms with Crippen LogP contribution in [0.25, 0.3) is 0 Å². The fraction of sp³-hybridized carbons (Fsp3) is 0.429. The number of hydrogen-bond acceptors (Lipinski definition) is 6. The summed E-state index contributed by atoms with van der Waals surface area (Å²) in [5.41, 5.74) is 1.31. The van der Waals surface area contributed by atoms with E-state index in [1.807, 2.05) is 0 Å². The highest BCUT2D eigenvalue weighted by molar-refractivity contribution is 5.95. The number of likely N-dealkylation sites (tertiary alicyclic amines) is 1. The lowest BCUT2D eigenvalue weighted by Crippen LogP contribution is -2.50. The Morgan fingerprint density at radius 1 is 0.976 bits per heavy atom. The molecule has 11 nitrogen and oxygen atoms in total. The number of morpholine rings is 1. The molecule has 2 aromatic carbocycles. The van der Waals surface area contributed by atoms with Gasteiger partial charge in [0.15, 0.2) is 0 Å². The van der Waals surface area contributed by atoms with Gasteiger partial charge in [0, 0.05) is 43.9 Å². The summed E-state index contributed by atoms with van der Waals surface area (Å²) in [5.74, 6) is -3.31. The third-order valence-corrected chi connectivity index (χ3v) is 6.97. The van der Waals surface area contributed by atoms with E-state index in [2.05, 4.69) is 15.4 Å². The fourth-order valence-electron chi connectivity index (χ4n) is 4.78. The molecule has 4 rings (SSSR count). The molecule has 0 aliphatic carbocycles. The zero-order valence-corrected chi connectivity index (χ0v) is 22.6. The number of anilines is 1. The van der Waals surface area contributed by atoms with Crippen molar-refractivity contribution in [2.24, 2.45) is 5.92 Å². The second-order valence-electron chi connectivity index (χ2n) is 9.99. The van der Waals surface area contributed by atoms with Gasteiger partial charge in [-0.2, -0.15) is 0 Å². The predicted molar refractivity (Wildman–Crippen MR) is 143 cm³/mol. The van der Waals surface area contributed by atoms with Crippen molar-refractivity contribution in [3.63, 3.8) is 0 Å². The quantitative estimate of drug-likeness (QED) is 0.428. The van der Waals surface area contributed by atoms with E-state index in [9.17, 15) is 37.5 Å². The van der Waals surface area contributed by atoms with Crippen LogP contribution in [0.3, 0.4) is 0 Å². The number of nitrogens with one attached hydrogen (secondary N) is 2. The second-order valence-corrected chi connectivity index (χ2v) is 9.99. The Bertz CT molecular complexity index is 1270. The van der Waals surface area contributed by atoms with Crippen molar-refractivity contribution in [2.45, 2.75) is 31.7 Å². The van der Waals surface area contributed by atoms with Crippen molar-refractivity contribution in [3.8, 4) is 5.75 Å². The molecule has 2 aliphatic heterocycles. The molecule has 0 bridgehead atoms. The molecule has 2 saturated heterocycles. The van der Waals surface area contributed by atoms with Gasteiger partial charge in [-0.3, -0.25) is 9.59 Å². The van der Waals surface area contributed by atoms with Crippen LogP contribution in [0.1, 0.15) is 28.8 Å². The number of aliphatic carboxylic acids is 1. The van der Waals surface area contributed by atoms with Crippen molar-refractivity contribution >= 4 is 29.5 Å². The summed E-state index contributed by atoms with van der Waals surface area (Å²) in [5, 5.41) is 15.1. The summed E-state index contributed by atoms with van der Waals surface area (Å²) < 4.78 is 46.3. The van der Waals surface area contributed by atoms with E-state index in [0.29, 0.717) is 56.9 Å². The standard InChI is InChI=1S/C28H31F3N4O7/c29-28(30,31)42-22-9-5-19(6-10-22)25(37)35-11-1-2-20(17-35)24(36)33-23(26(38)39)16-18-3-7-21(8-4-18)32-27(40)34-12-14-41-15-13-34/h3-10,20,23H,1-2,11-17H2,(H,32,40)(H,33,36)(H,38,39)/t20?,23-/m0/s1. The molecule has 0 saturated carbocycles. The number of ether oxygens (including phenoxy) is 2. The van der Waals surface area contributed by atoms with Gasteiger partial charge in [-0.15, -0.1) is 13.2 Å². The molecule has 4 amide bonds. The van der Waals surface area contributed by atoms with Gasteiger partial charge in [0.1, 0.15) is 11.8 Å². The van der Waals surface area contributed by atoms with Crippen molar-refractivity contribution in [2.75, 3.05) is 44.7 Å². The zero-order chi connectivity index (χ0) is 30.3. The number of benzene rings is 2. The molecule has 226 valence electrons. The summed E-state index contributed by atoms with van der Waals surface area (Å²) in [6.07, 6.45) is -3.91. The van der Waals surface area contributed by atoms with Crippen LogP contribution in [0.2, 0.25) is 0 Å². The summed E-state index contributed by atoms with van der Waals surface area (Å²) >= 11 is 0. The van der Waals surface area contributed by atoms with Crippen LogP contribution in [-0.2, 0) is 20.7 Å². The number of carboxylic acids is 1. The number of halogens is 3. The molecule has 42 heavy (non-hydrogen) atoms. The van der Waals surface area contributed by atoms with E-state index in [1.54, 1.807) is 29.2 Å². The molecule has 2 atom stereocenters. The molecule has 0 radical (unpaired) electrons. The number of hydrogen-bond donors (Lipinski definition) is 3. The monoisotopic (exact) mass is 592 g/mol. The Morgan fingerprint density at radius 3 is 2.26 bits per heavy atom. The highest BCUT2D eigenvalue weighted by atomic mass is 19.4. The number of nitrogens with zero attached hydrogens (tertiary/aromatic N) is 2. The molecule has 1 unspecified atom stereocenters. The maximum atomic E-state index is 13.0. The molecular weight excluding hydrogens is 561 g/mol. The van der Waals surface area contributed by atoms with Crippen LogP contribution >= 0.6 is 0 Å². The minimum atomic E-state index is -4.85. The molecule has 2 heterocycles. The largest absolute Gasteiger partial charge is 0.573 e. The van der Waals surface area contributed by atoms with Crippen LogP contribution in [0, 0.1) is 5.92 Å². The predicted octanol–water partition coefficient (Wildman–Crippen LogP) is 3.11. The van der Waals surface area contributed by atoms with Gasteiger partial charge in [0.25, 0.3) is 5.91 Å². The van der Waals surface area contributed by atoms with Crippen LogP contribution in [0.15, 0.2) is 48.5 Å². The number of urea groups is 1. The van der Waals surface area contributed by atoms with Crippen molar-refractivity contribution < 1.29 is 46.9 Å². The van der Waals surface area contributed by atoms with Gasteiger partial charge < -0.3 is 35.0 Å². The highest BCUT2D eigenvalue weighted by Gasteiger charge is 2.33. The average molecular weight is 593 g/mol. The number of amides is 4. The van der Waals surface area contributed by atoms with Crippen molar-refractivity contribution in [1.29, 1.82) is 0 Å². The van der Waals surface area contributed by atoms with E-state index in [0.717, 1.165) is 12.1 Å². The molecule has 14 heteroatoms. The fourth-order valence-corrected chi connectivity index (χ4v) is 4.78. The summed E-state index contributed by atoms with van der Waals surface area (Å²) in [6, 6.07) is 9.68. The van der Waals surface area contributed by atoms with Crippen LogP contribution in [0.5, 0.6) is 5.75 Å². The number of carbonyl (C=O) groups is 4. The topological polar surface area (TPSA) is 138 Å². The lowest BCUT2D eigenvalue weighted by Gasteiger charge is -2.32. The molecule has 2 aromatic rings. The Hall–Kier alpha value is -4.33. The van der Waals surface area contributed by atoms with Crippen molar-refractivity contribution in [3.05, 3.63) is 59.7 Å². The summed E-state index contributed by atoms with van der Waals surface area (Å²) in [7, 11) is 0. The Labute approximate surface area is 239 Å². The lowest BCUT2D eigenvalue weighted by molar-refractivity contribution is -0.274. The summed E-state index contributed by atoms with van der Waals surface area (Å²) in [4.78, 5) is 53.3. The van der Waals surface area contributed by atoms with Crippen LogP contribution in [0.4, 0.5) is 23.7 Å². The van der Waals surface area contributed by atoms with E-state index >= 15 is 0 Å². The first-order valence-corrected chi connectivity index (χ1v) is 13.4. The first-order valence-electron chi connectivity index (χ1n) is 13.4. The molecule has 2 fully saturated rings. The number of piperidine rings is 1. The average Bonchev–Trinajstić information content (AvgIpc) is 2.97. The number of rotatable bonds is 8. The molecule has 0 aromatic heterocycles. The van der Waals surface area contributed by atoms with Crippen LogP contribution < -0.4 is 15.4 Å². The minimum absolute atomic E-state index is 0.000470. The zero-order valence-electron chi connectivity index (χ0n) is 22.6. The maximum Gasteiger partial charge on any atom is 0.573 e. The number of alkyl halides is 3. The maximum absolute atomic E-state index is 13.0. The molecule has 0 spiro atoms. The number of carbonyl (C=O) groups excluding carboxylic acids is 3. The van der Waals surface area contributed by atoms with E-state index in [4.69, 9.17) is 4.74 Å². The smallest absolute Gasteiger partial charge is 0.480 e. The SMILES string of the molecule is O=C(N[C@@H](Cc1ccc(NC(=O)N2CCOCC2)cc1)C(=O)O)C1CCCN(C(=O)c2ccc(OC(F)(F)F)cc2)C1. The van der Waals surface area contributed by atoms with Gasteiger partial charge in [0.2, 0.25) is 5.91 Å². The Kier molecular flexibility index (Phi) is 9.88. The van der Waals surface area contributed by atoms with Gasteiger partial charge >= 0.3 is 18.4 Å². The minimum Gasteiger partial charge on any atom is -0.480 e. The van der Waals surface area contributed by atoms with Gasteiger partial charge in [0.05, 0.1) is 19.1 Å². The van der Waals surface area contributed by atoms with Gasteiger partial charge in [-0.1, -0.05) is 12.1 Å². The lowest BCUT2D eigenvalue weighted by atomic mass is 9.95. The van der Waals surface area contributed by atoms with Crippen molar-refractivity contribution in [1.82, 2.24) is 15.1 Å². The first-order chi connectivity index (χ1) is 20.0. The molecular formula is C28H31F3N4O7. The third-order valence-electron chi connectivity index (χ3n) is 6.97. The van der Waals surface area contributed by atoms with E-state index in [-0.39, 0.29) is 24.6 Å². The normalized spacial score (nSPS) is 18.1. The second kappa shape index (κ2) is 13.6. The number of carboxylic acid groups (broad SMARTS) is 1. The Balaban J connectivity index is 1.31. The molecule has 2 aliphatic rings. The van der Waals surface area contributed by atoms with Crippen LogP contribution in [-0.4, -0.2) is 90.5 Å². The first kappa shape index (κ1) is 30.6. The van der Waals surface area contributed by atoms with E-state index < -0.39 is 41.9 Å².